The second-order valence-corrected chi connectivity index (χ2v) is 3.72. The molecular formula is C6H12INO2. The van der Waals surface area contributed by atoms with E-state index in [1.807, 2.05) is 22.6 Å². The summed E-state index contributed by atoms with van der Waals surface area (Å²) in [6.07, 6.45) is 0.539. The molecule has 0 unspecified atom stereocenters. The first-order valence-electron chi connectivity index (χ1n) is 3.05. The Kier molecular flexibility index (Phi) is 4.98. The Morgan fingerprint density at radius 2 is 2.20 bits per heavy atom. The number of carbonyl (C=O) groups excluding carboxylic acids is 1. The van der Waals surface area contributed by atoms with Gasteiger partial charge in [-0.15, -0.1) is 0 Å². The molecule has 0 saturated heterocycles. The van der Waals surface area contributed by atoms with E-state index in [9.17, 15) is 4.79 Å². The highest BCUT2D eigenvalue weighted by atomic mass is 127. The molecule has 0 fully saturated rings. The minimum Gasteiger partial charge on any atom is -0.396 e. The van der Waals surface area contributed by atoms with Crippen LogP contribution in [0.5, 0.6) is 0 Å². The lowest BCUT2D eigenvalue weighted by atomic mass is 10.3. The molecule has 0 radical (unpaired) electrons. The molecule has 0 bridgehead atoms. The van der Waals surface area contributed by atoms with Crippen LogP contribution in [0.25, 0.3) is 0 Å². The summed E-state index contributed by atoms with van der Waals surface area (Å²) in [5.74, 6) is 0.0645. The zero-order chi connectivity index (χ0) is 8.15. The zero-order valence-corrected chi connectivity index (χ0v) is 8.33. The fraction of sp³-hybridized carbons (Fsp3) is 0.833. The fourth-order valence-electron chi connectivity index (χ4n) is 0.517. The molecule has 60 valence electrons. The first kappa shape index (κ1) is 10.2. The van der Waals surface area contributed by atoms with E-state index in [1.54, 1.807) is 14.1 Å². The number of alkyl halides is 1. The number of hydrogen-bond acceptors (Lipinski definition) is 2. The van der Waals surface area contributed by atoms with E-state index in [2.05, 4.69) is 0 Å². The van der Waals surface area contributed by atoms with Crippen molar-refractivity contribution in [2.75, 3.05) is 20.7 Å². The lowest BCUT2D eigenvalue weighted by Crippen LogP contribution is -2.30. The number of aliphatic hydroxyl groups is 1. The molecule has 0 aromatic rings. The van der Waals surface area contributed by atoms with Crippen molar-refractivity contribution in [3.05, 3.63) is 0 Å². The van der Waals surface area contributed by atoms with Crippen LogP contribution in [-0.4, -0.2) is 40.5 Å². The minimum atomic E-state index is -0.0856. The van der Waals surface area contributed by atoms with Crippen LogP contribution in [0.1, 0.15) is 6.42 Å². The van der Waals surface area contributed by atoms with Crippen LogP contribution < -0.4 is 0 Å². The van der Waals surface area contributed by atoms with E-state index in [1.165, 1.54) is 4.90 Å². The van der Waals surface area contributed by atoms with E-state index < -0.39 is 0 Å². The maximum atomic E-state index is 11.0. The largest absolute Gasteiger partial charge is 0.396 e. The van der Waals surface area contributed by atoms with Crippen molar-refractivity contribution in [2.45, 2.75) is 10.3 Å². The van der Waals surface area contributed by atoms with E-state index in [4.69, 9.17) is 5.11 Å². The summed E-state index contributed by atoms with van der Waals surface area (Å²) < 4.78 is -0.0856. The summed E-state index contributed by atoms with van der Waals surface area (Å²) in [5.41, 5.74) is 0. The van der Waals surface area contributed by atoms with Crippen molar-refractivity contribution in [3.63, 3.8) is 0 Å². The summed E-state index contributed by atoms with van der Waals surface area (Å²) in [4.78, 5) is 12.6. The summed E-state index contributed by atoms with van der Waals surface area (Å²) in [7, 11) is 3.43. The van der Waals surface area contributed by atoms with Crippen molar-refractivity contribution < 1.29 is 9.90 Å². The number of carbonyl (C=O) groups is 1. The molecule has 10 heavy (non-hydrogen) atoms. The number of nitrogens with zero attached hydrogens (tertiary/aromatic N) is 1. The Labute approximate surface area is 74.5 Å². The molecule has 0 rings (SSSR count). The highest BCUT2D eigenvalue weighted by molar-refractivity contribution is 14.1. The molecule has 0 heterocycles. The van der Waals surface area contributed by atoms with Crippen LogP contribution in [0, 0.1) is 0 Å². The van der Waals surface area contributed by atoms with Gasteiger partial charge in [-0.05, 0) is 6.42 Å². The van der Waals surface area contributed by atoms with Crippen LogP contribution in [0.3, 0.4) is 0 Å². The van der Waals surface area contributed by atoms with E-state index >= 15 is 0 Å². The molecule has 0 saturated carbocycles. The summed E-state index contributed by atoms with van der Waals surface area (Å²) in [6.45, 7) is 0.0766. The van der Waals surface area contributed by atoms with Gasteiger partial charge in [0.05, 0.1) is 3.92 Å². The third kappa shape index (κ3) is 3.36. The van der Waals surface area contributed by atoms with Gasteiger partial charge in [0.1, 0.15) is 0 Å². The maximum absolute atomic E-state index is 11.0. The number of amides is 1. The second kappa shape index (κ2) is 4.90. The van der Waals surface area contributed by atoms with Crippen LogP contribution in [0.15, 0.2) is 0 Å². The van der Waals surface area contributed by atoms with Crippen LogP contribution in [-0.2, 0) is 4.79 Å². The monoisotopic (exact) mass is 257 g/mol. The van der Waals surface area contributed by atoms with Gasteiger partial charge in [0.2, 0.25) is 5.91 Å². The van der Waals surface area contributed by atoms with E-state index in [-0.39, 0.29) is 16.4 Å². The van der Waals surface area contributed by atoms with Crippen molar-refractivity contribution in [2.24, 2.45) is 0 Å². The van der Waals surface area contributed by atoms with Gasteiger partial charge >= 0.3 is 0 Å². The minimum absolute atomic E-state index is 0.0645. The second-order valence-electron chi connectivity index (χ2n) is 2.21. The average molecular weight is 257 g/mol. The highest BCUT2D eigenvalue weighted by Crippen LogP contribution is 2.07. The van der Waals surface area contributed by atoms with Crippen molar-refractivity contribution in [1.29, 1.82) is 0 Å². The predicted octanol–water partition coefficient (Wildman–Crippen LogP) is 0.261. The van der Waals surface area contributed by atoms with Gasteiger partial charge in [-0.25, -0.2) is 0 Å². The van der Waals surface area contributed by atoms with Crippen molar-refractivity contribution >= 4 is 28.5 Å². The van der Waals surface area contributed by atoms with Crippen LogP contribution in [0.4, 0.5) is 0 Å². The molecule has 0 aliphatic heterocycles. The fourth-order valence-corrected chi connectivity index (χ4v) is 1.35. The average Bonchev–Trinajstić information content (AvgIpc) is 1.87. The standard InChI is InChI=1S/C6H12INO2/c1-8(2)6(10)5(7)3-4-9/h5,9H,3-4H2,1-2H3/t5-/m0/s1. The zero-order valence-electron chi connectivity index (χ0n) is 6.17. The maximum Gasteiger partial charge on any atom is 0.235 e. The topological polar surface area (TPSA) is 40.5 Å². The van der Waals surface area contributed by atoms with Gasteiger partial charge in [0.15, 0.2) is 0 Å². The molecule has 0 aliphatic rings. The Balaban J connectivity index is 3.71. The summed E-state index contributed by atoms with van der Waals surface area (Å²) in [6, 6.07) is 0. The van der Waals surface area contributed by atoms with Gasteiger partial charge < -0.3 is 10.0 Å². The molecule has 0 spiro atoms. The quantitative estimate of drug-likeness (QED) is 0.582. The lowest BCUT2D eigenvalue weighted by Gasteiger charge is -2.13. The molecule has 3 nitrogen and oxygen atoms in total. The Morgan fingerprint density at radius 1 is 1.70 bits per heavy atom. The molecular weight excluding hydrogens is 245 g/mol. The molecule has 1 amide bonds. The Morgan fingerprint density at radius 3 is 2.50 bits per heavy atom. The number of hydrogen-bond donors (Lipinski definition) is 1. The normalized spacial score (nSPS) is 12.8. The van der Waals surface area contributed by atoms with Gasteiger partial charge in [0, 0.05) is 20.7 Å². The van der Waals surface area contributed by atoms with E-state index in [0.717, 1.165) is 0 Å². The van der Waals surface area contributed by atoms with Crippen LogP contribution >= 0.6 is 22.6 Å². The summed E-state index contributed by atoms with van der Waals surface area (Å²) in [5, 5.41) is 8.49. The van der Waals surface area contributed by atoms with Crippen molar-refractivity contribution in [1.82, 2.24) is 4.90 Å². The lowest BCUT2D eigenvalue weighted by molar-refractivity contribution is -0.127. The smallest absolute Gasteiger partial charge is 0.235 e. The van der Waals surface area contributed by atoms with Gasteiger partial charge in [-0.2, -0.15) is 0 Å². The highest BCUT2D eigenvalue weighted by Gasteiger charge is 2.14. The Hall–Kier alpha value is 0.160. The molecule has 1 N–H and O–H groups in total. The number of rotatable bonds is 3. The first-order chi connectivity index (χ1) is 4.59. The van der Waals surface area contributed by atoms with Gasteiger partial charge in [-0.3, -0.25) is 4.79 Å². The summed E-state index contributed by atoms with van der Waals surface area (Å²) >= 11 is 2.03. The molecule has 1 atom stereocenters. The number of halogens is 1. The van der Waals surface area contributed by atoms with Crippen molar-refractivity contribution in [3.8, 4) is 0 Å². The number of aliphatic hydroxyl groups excluding tert-OH is 1. The SMILES string of the molecule is CN(C)C(=O)[C@@H](I)CCO. The molecule has 0 aromatic heterocycles. The third-order valence-corrected chi connectivity index (χ3v) is 2.25. The molecule has 0 aromatic carbocycles. The van der Waals surface area contributed by atoms with E-state index in [0.29, 0.717) is 6.42 Å². The molecule has 4 heteroatoms. The molecule has 0 aliphatic carbocycles. The first-order valence-corrected chi connectivity index (χ1v) is 4.30. The Bertz CT molecular complexity index is 116. The third-order valence-electron chi connectivity index (χ3n) is 1.09. The van der Waals surface area contributed by atoms with Crippen LogP contribution in [0.2, 0.25) is 0 Å². The van der Waals surface area contributed by atoms with Gasteiger partial charge in [0.25, 0.3) is 0 Å². The van der Waals surface area contributed by atoms with Gasteiger partial charge in [-0.1, -0.05) is 22.6 Å². The predicted molar refractivity (Wildman–Crippen MR) is 48.2 cm³/mol.